The number of nitrogens with zero attached hydrogens (tertiary/aromatic N) is 2. The first-order valence-corrected chi connectivity index (χ1v) is 2.88. The first kappa shape index (κ1) is 6.29. The summed E-state index contributed by atoms with van der Waals surface area (Å²) in [6, 6.07) is 0. The van der Waals surface area contributed by atoms with E-state index in [0.29, 0.717) is 6.54 Å². The van der Waals surface area contributed by atoms with Crippen LogP contribution in [-0.4, -0.2) is 16.3 Å². The van der Waals surface area contributed by atoms with Gasteiger partial charge >= 0.3 is 0 Å². The molecule has 0 atom stereocenters. The molecule has 50 valence electrons. The van der Waals surface area contributed by atoms with Gasteiger partial charge < -0.3 is 14.2 Å². The van der Waals surface area contributed by atoms with Gasteiger partial charge in [-0.05, 0) is 12.4 Å². The van der Waals surface area contributed by atoms with E-state index in [1.54, 1.807) is 4.57 Å². The lowest BCUT2D eigenvalue weighted by Crippen LogP contribution is -2.33. The van der Waals surface area contributed by atoms with Crippen LogP contribution < -0.4 is 4.57 Å². The highest BCUT2D eigenvalue weighted by Crippen LogP contribution is 1.73. The Kier molecular flexibility index (Phi) is 1.85. The number of imidazole rings is 1. The Hall–Kier alpha value is -0.830. The van der Waals surface area contributed by atoms with Crippen LogP contribution in [0.25, 0.3) is 0 Å². The zero-order valence-electron chi connectivity index (χ0n) is 5.41. The van der Waals surface area contributed by atoms with E-state index in [9.17, 15) is 0 Å². The van der Waals surface area contributed by atoms with Crippen molar-refractivity contribution < 1.29 is 9.67 Å². The normalized spacial score (nSPS) is 10.0. The molecule has 0 saturated heterocycles. The van der Waals surface area contributed by atoms with Gasteiger partial charge in [-0.1, -0.05) is 0 Å². The summed E-state index contributed by atoms with van der Waals surface area (Å²) in [5.74, 6) is 0. The van der Waals surface area contributed by atoms with Crippen molar-refractivity contribution in [2.24, 2.45) is 7.05 Å². The average molecular weight is 126 g/mol. The van der Waals surface area contributed by atoms with Crippen molar-refractivity contribution in [3.05, 3.63) is 18.7 Å². The summed E-state index contributed by atoms with van der Waals surface area (Å²) >= 11 is 0. The van der Waals surface area contributed by atoms with E-state index in [1.807, 2.05) is 24.0 Å². The zero-order chi connectivity index (χ0) is 6.69. The summed E-state index contributed by atoms with van der Waals surface area (Å²) in [7, 11) is 1.90. The number of aryl methyl sites for hydroxylation is 1. The second-order valence-corrected chi connectivity index (χ2v) is 1.93. The second kappa shape index (κ2) is 2.64. The largest absolute Gasteiger partial charge is 0.392 e. The van der Waals surface area contributed by atoms with Gasteiger partial charge in [0.05, 0.1) is 20.2 Å². The molecule has 1 rings (SSSR count). The van der Waals surface area contributed by atoms with Gasteiger partial charge in [0.2, 0.25) is 6.33 Å². The van der Waals surface area contributed by atoms with Crippen molar-refractivity contribution in [3.8, 4) is 0 Å². The summed E-state index contributed by atoms with van der Waals surface area (Å²) in [6.45, 7) is 0.798. The molecular formula is C6H10N2O. The molecule has 0 aliphatic heterocycles. The molecule has 0 spiro atoms. The zero-order valence-corrected chi connectivity index (χ0v) is 5.41. The molecule has 3 nitrogen and oxygen atoms in total. The number of hydrogen-bond acceptors (Lipinski definition) is 1. The van der Waals surface area contributed by atoms with E-state index in [2.05, 4.69) is 6.33 Å². The van der Waals surface area contributed by atoms with Crippen molar-refractivity contribution in [3.63, 3.8) is 0 Å². The third-order valence-corrected chi connectivity index (χ3v) is 1.10. The minimum atomic E-state index is 0.172. The molecule has 0 amide bonds. The maximum absolute atomic E-state index is 8.48. The Balaban J connectivity index is 2.61. The number of aromatic nitrogens is 2. The van der Waals surface area contributed by atoms with Gasteiger partial charge in [0.25, 0.3) is 0 Å². The molecule has 0 aliphatic rings. The fraction of sp³-hybridized carbons (Fsp3) is 0.500. The van der Waals surface area contributed by atoms with Crippen molar-refractivity contribution in [1.29, 1.82) is 0 Å². The van der Waals surface area contributed by atoms with E-state index in [1.165, 1.54) is 0 Å². The van der Waals surface area contributed by atoms with E-state index < -0.39 is 0 Å². The van der Waals surface area contributed by atoms with Gasteiger partial charge in [-0.3, -0.25) is 0 Å². The van der Waals surface area contributed by atoms with E-state index >= 15 is 0 Å². The van der Waals surface area contributed by atoms with Crippen LogP contribution >= 0.6 is 0 Å². The Morgan fingerprint density at radius 1 is 1.78 bits per heavy atom. The minimum Gasteiger partial charge on any atom is -0.392 e. The van der Waals surface area contributed by atoms with Crippen molar-refractivity contribution in [1.82, 2.24) is 4.57 Å². The van der Waals surface area contributed by atoms with Crippen LogP contribution in [0.3, 0.4) is 0 Å². The van der Waals surface area contributed by atoms with Crippen LogP contribution in [0.5, 0.6) is 0 Å². The first-order valence-electron chi connectivity index (χ1n) is 2.88. The molecule has 0 bridgehead atoms. The topological polar surface area (TPSA) is 29.0 Å². The summed E-state index contributed by atoms with van der Waals surface area (Å²) in [5.41, 5.74) is 0. The molecule has 0 aromatic carbocycles. The maximum Gasteiger partial charge on any atom is 0.203 e. The van der Waals surface area contributed by atoms with Gasteiger partial charge in [0.1, 0.15) is 0 Å². The van der Waals surface area contributed by atoms with Crippen molar-refractivity contribution >= 4 is 0 Å². The summed E-state index contributed by atoms with van der Waals surface area (Å²) < 4.78 is 3.62. The quantitative estimate of drug-likeness (QED) is 0.404. The molecule has 0 saturated carbocycles. The standard InChI is InChI=1S/C6H10N2O/c1-7-2-3-8(6-7)4-5-9/h2-3,9H,4-5H2,1H3. The maximum atomic E-state index is 8.48. The Labute approximate surface area is 54.2 Å². The van der Waals surface area contributed by atoms with Gasteiger partial charge in [-0.15, -0.1) is 0 Å². The predicted molar refractivity (Wildman–Crippen MR) is 31.5 cm³/mol. The fourth-order valence-electron chi connectivity index (χ4n) is 0.682. The minimum absolute atomic E-state index is 0.172. The molecule has 1 heterocycles. The van der Waals surface area contributed by atoms with Crippen molar-refractivity contribution in [2.75, 3.05) is 6.61 Å². The average Bonchev–Trinajstić information content (AvgIpc) is 2.17. The third kappa shape index (κ3) is 1.54. The molecule has 0 fully saturated rings. The molecule has 0 unspecified atom stereocenters. The van der Waals surface area contributed by atoms with Gasteiger partial charge in [0, 0.05) is 0 Å². The number of aliphatic hydroxyl groups excluding tert-OH is 1. The Bertz CT molecular complexity index is 183. The third-order valence-electron chi connectivity index (χ3n) is 1.10. The molecule has 1 aromatic heterocycles. The Morgan fingerprint density at radius 2 is 2.56 bits per heavy atom. The lowest BCUT2D eigenvalue weighted by Gasteiger charge is -1.93. The second-order valence-electron chi connectivity index (χ2n) is 1.93. The molecule has 0 aliphatic carbocycles. The molecule has 1 N–H and O–H groups in total. The van der Waals surface area contributed by atoms with Crippen LogP contribution in [0.15, 0.2) is 12.4 Å². The molecule has 9 heavy (non-hydrogen) atoms. The first-order chi connectivity index (χ1) is 4.33. The van der Waals surface area contributed by atoms with Crippen LogP contribution in [0.2, 0.25) is 0 Å². The van der Waals surface area contributed by atoms with Gasteiger partial charge in [0.15, 0.2) is 0 Å². The van der Waals surface area contributed by atoms with Gasteiger partial charge in [-0.25, -0.2) is 0 Å². The van der Waals surface area contributed by atoms with Crippen LogP contribution in [-0.2, 0) is 13.6 Å². The van der Waals surface area contributed by atoms with Crippen molar-refractivity contribution in [2.45, 2.75) is 6.54 Å². The number of rotatable bonds is 2. The highest BCUT2D eigenvalue weighted by molar-refractivity contribution is 4.60. The van der Waals surface area contributed by atoms with E-state index in [-0.39, 0.29) is 6.61 Å². The monoisotopic (exact) mass is 126 g/mol. The molecule has 3 heteroatoms. The van der Waals surface area contributed by atoms with Gasteiger partial charge in [-0.2, -0.15) is 0 Å². The predicted octanol–water partition coefficient (Wildman–Crippen LogP) is -0.895. The van der Waals surface area contributed by atoms with Crippen LogP contribution in [0, 0.1) is 6.33 Å². The highest BCUT2D eigenvalue weighted by Gasteiger charge is 1.87. The lowest BCUT2D eigenvalue weighted by atomic mass is 10.7. The number of hydrogen-bond donors (Lipinski definition) is 1. The number of aliphatic hydroxyl groups is 1. The highest BCUT2D eigenvalue weighted by atomic mass is 16.3. The van der Waals surface area contributed by atoms with Crippen LogP contribution in [0.1, 0.15) is 0 Å². The molecule has 0 radical (unpaired) electrons. The smallest absolute Gasteiger partial charge is 0.203 e. The molecule has 1 aromatic rings. The van der Waals surface area contributed by atoms with E-state index in [0.717, 1.165) is 0 Å². The fourth-order valence-corrected chi connectivity index (χ4v) is 0.682. The SMILES string of the molecule is Cn1[c-][n+](CCO)cc1. The van der Waals surface area contributed by atoms with E-state index in [4.69, 9.17) is 5.11 Å². The summed E-state index contributed by atoms with van der Waals surface area (Å²) in [5, 5.41) is 8.48. The van der Waals surface area contributed by atoms with Crippen LogP contribution in [0.4, 0.5) is 0 Å². The summed E-state index contributed by atoms with van der Waals surface area (Å²) in [6.07, 6.45) is 6.71. The summed E-state index contributed by atoms with van der Waals surface area (Å²) in [4.78, 5) is 0. The molecular weight excluding hydrogens is 116 g/mol. The lowest BCUT2D eigenvalue weighted by molar-refractivity contribution is -0.701. The Morgan fingerprint density at radius 3 is 3.00 bits per heavy atom.